The minimum Gasteiger partial charge on any atom is -0.387 e. The van der Waals surface area contributed by atoms with E-state index in [1.54, 1.807) is 0 Å². The Hall–Kier alpha value is -1.58. The number of likely N-dealkylation sites (N-methyl/N-ethyl adjacent to an activating group) is 1. The molecule has 0 radical (unpaired) electrons. The first-order valence-corrected chi connectivity index (χ1v) is 6.12. The van der Waals surface area contributed by atoms with E-state index in [0.717, 1.165) is 24.3 Å². The van der Waals surface area contributed by atoms with Crippen LogP contribution in [0.1, 0.15) is 11.7 Å². The maximum absolute atomic E-state index is 9.85. The van der Waals surface area contributed by atoms with E-state index >= 15 is 0 Å². The summed E-state index contributed by atoms with van der Waals surface area (Å²) in [5.74, 6) is 0. The highest BCUT2D eigenvalue weighted by molar-refractivity contribution is 5.49. The van der Waals surface area contributed by atoms with Crippen LogP contribution in [-0.2, 0) is 0 Å². The summed E-state index contributed by atoms with van der Waals surface area (Å²) in [6, 6.07) is 7.94. The van der Waals surface area contributed by atoms with Gasteiger partial charge in [-0.3, -0.25) is 0 Å². The molecular weight excluding hydrogens is 224 g/mol. The summed E-state index contributed by atoms with van der Waals surface area (Å²) in [6.07, 6.45) is 3.27. The molecule has 0 aromatic heterocycles. The van der Waals surface area contributed by atoms with Gasteiger partial charge in [-0.2, -0.15) is 0 Å². The summed E-state index contributed by atoms with van der Waals surface area (Å²) in [5.41, 5.74) is 2.03. The monoisotopic (exact) mass is 246 g/mol. The fraction of sp³-hybridized carbons (Fsp3) is 0.333. The van der Waals surface area contributed by atoms with Gasteiger partial charge in [0.2, 0.25) is 0 Å². The Morgan fingerprint density at radius 2 is 1.78 bits per heavy atom. The van der Waals surface area contributed by atoms with Crippen LogP contribution >= 0.6 is 0 Å². The lowest BCUT2D eigenvalue weighted by Crippen LogP contribution is -2.23. The van der Waals surface area contributed by atoms with Gasteiger partial charge in [0.25, 0.3) is 0 Å². The maximum atomic E-state index is 9.85. The molecule has 1 aromatic rings. The zero-order chi connectivity index (χ0) is 13.4. The standard InChI is InChI=1S/C15H22N2O/c1-4-10-17(11-5-2)14-8-6-13(7-9-14)15(18)12-16-3/h4-9,15-16,18H,1-2,10-12H2,3H3. The van der Waals surface area contributed by atoms with E-state index in [4.69, 9.17) is 0 Å². The van der Waals surface area contributed by atoms with Gasteiger partial charge in [-0.1, -0.05) is 24.3 Å². The van der Waals surface area contributed by atoms with Crippen molar-refractivity contribution in [2.24, 2.45) is 0 Å². The van der Waals surface area contributed by atoms with Crippen LogP contribution in [0.5, 0.6) is 0 Å². The second kappa shape index (κ2) is 7.69. The minimum absolute atomic E-state index is 0.462. The van der Waals surface area contributed by atoms with Crippen LogP contribution in [0, 0.1) is 0 Å². The van der Waals surface area contributed by atoms with Crippen molar-refractivity contribution >= 4 is 5.69 Å². The van der Waals surface area contributed by atoms with Crippen LogP contribution < -0.4 is 10.2 Å². The molecule has 2 N–H and O–H groups in total. The van der Waals surface area contributed by atoms with Gasteiger partial charge in [-0.15, -0.1) is 13.2 Å². The van der Waals surface area contributed by atoms with Gasteiger partial charge < -0.3 is 15.3 Å². The zero-order valence-electron chi connectivity index (χ0n) is 11.0. The fourth-order valence-electron chi connectivity index (χ4n) is 1.82. The van der Waals surface area contributed by atoms with Crippen molar-refractivity contribution in [2.75, 3.05) is 31.6 Å². The van der Waals surface area contributed by atoms with Crippen molar-refractivity contribution in [1.29, 1.82) is 0 Å². The van der Waals surface area contributed by atoms with Crippen LogP contribution in [-0.4, -0.2) is 31.8 Å². The van der Waals surface area contributed by atoms with Crippen molar-refractivity contribution in [3.05, 3.63) is 55.1 Å². The molecule has 3 heteroatoms. The molecule has 1 unspecified atom stereocenters. The molecule has 1 aromatic carbocycles. The largest absolute Gasteiger partial charge is 0.387 e. The van der Waals surface area contributed by atoms with Crippen LogP contribution in [0.4, 0.5) is 5.69 Å². The van der Waals surface area contributed by atoms with E-state index in [1.165, 1.54) is 0 Å². The van der Waals surface area contributed by atoms with Crippen molar-refractivity contribution in [1.82, 2.24) is 5.32 Å². The molecule has 98 valence electrons. The second-order valence-corrected chi connectivity index (χ2v) is 4.15. The lowest BCUT2D eigenvalue weighted by molar-refractivity contribution is 0.178. The number of hydrogen-bond donors (Lipinski definition) is 2. The number of aliphatic hydroxyl groups is 1. The van der Waals surface area contributed by atoms with Gasteiger partial charge in [0.15, 0.2) is 0 Å². The molecule has 0 heterocycles. The Bertz CT molecular complexity index is 363. The Kier molecular flexibility index (Phi) is 6.19. The number of benzene rings is 1. The summed E-state index contributed by atoms with van der Waals surface area (Å²) in [4.78, 5) is 2.16. The predicted octanol–water partition coefficient (Wildman–Crippen LogP) is 2.12. The second-order valence-electron chi connectivity index (χ2n) is 4.15. The third kappa shape index (κ3) is 4.02. The number of nitrogens with zero attached hydrogens (tertiary/aromatic N) is 1. The van der Waals surface area contributed by atoms with E-state index in [9.17, 15) is 5.11 Å². The van der Waals surface area contributed by atoms with Gasteiger partial charge in [-0.25, -0.2) is 0 Å². The van der Waals surface area contributed by atoms with Crippen LogP contribution in [0.3, 0.4) is 0 Å². The number of rotatable bonds is 8. The minimum atomic E-state index is -0.462. The normalized spacial score (nSPS) is 11.9. The quantitative estimate of drug-likeness (QED) is 0.690. The van der Waals surface area contributed by atoms with Gasteiger partial charge in [0.05, 0.1) is 6.10 Å². The molecule has 0 saturated carbocycles. The SMILES string of the molecule is C=CCN(CC=C)c1ccc(C(O)CNC)cc1. The number of nitrogens with one attached hydrogen (secondary N) is 1. The van der Waals surface area contributed by atoms with E-state index in [0.29, 0.717) is 6.54 Å². The Balaban J connectivity index is 2.79. The molecule has 1 rings (SSSR count). The third-order valence-electron chi connectivity index (χ3n) is 2.74. The van der Waals surface area contributed by atoms with Crippen molar-refractivity contribution in [3.8, 4) is 0 Å². The molecule has 18 heavy (non-hydrogen) atoms. The number of anilines is 1. The first-order chi connectivity index (χ1) is 8.72. The summed E-state index contributed by atoms with van der Waals surface area (Å²) >= 11 is 0. The highest BCUT2D eigenvalue weighted by Gasteiger charge is 2.07. The topological polar surface area (TPSA) is 35.5 Å². The van der Waals surface area contributed by atoms with Crippen molar-refractivity contribution in [3.63, 3.8) is 0 Å². The van der Waals surface area contributed by atoms with E-state index < -0.39 is 6.10 Å². The molecule has 1 atom stereocenters. The average molecular weight is 246 g/mol. The molecule has 0 aliphatic rings. The average Bonchev–Trinajstić information content (AvgIpc) is 2.39. The molecule has 3 nitrogen and oxygen atoms in total. The lowest BCUT2D eigenvalue weighted by atomic mass is 10.1. The third-order valence-corrected chi connectivity index (χ3v) is 2.74. The summed E-state index contributed by atoms with van der Waals surface area (Å²) in [6.45, 7) is 9.63. The molecule has 0 amide bonds. The van der Waals surface area contributed by atoms with Crippen molar-refractivity contribution in [2.45, 2.75) is 6.10 Å². The van der Waals surface area contributed by atoms with Gasteiger partial charge in [-0.05, 0) is 24.7 Å². The maximum Gasteiger partial charge on any atom is 0.0914 e. The smallest absolute Gasteiger partial charge is 0.0914 e. The predicted molar refractivity (Wildman–Crippen MR) is 77.9 cm³/mol. The van der Waals surface area contributed by atoms with Crippen molar-refractivity contribution < 1.29 is 5.11 Å². The van der Waals surface area contributed by atoms with Crippen LogP contribution in [0.2, 0.25) is 0 Å². The van der Waals surface area contributed by atoms with Gasteiger partial charge >= 0.3 is 0 Å². The van der Waals surface area contributed by atoms with E-state index in [-0.39, 0.29) is 0 Å². The Morgan fingerprint density at radius 3 is 2.22 bits per heavy atom. The molecule has 0 spiro atoms. The van der Waals surface area contributed by atoms with E-state index in [2.05, 4.69) is 23.4 Å². The number of aliphatic hydroxyl groups excluding tert-OH is 1. The molecule has 0 aliphatic heterocycles. The molecular formula is C15H22N2O. The van der Waals surface area contributed by atoms with E-state index in [1.807, 2.05) is 43.5 Å². The fourth-order valence-corrected chi connectivity index (χ4v) is 1.82. The molecule has 0 saturated heterocycles. The highest BCUT2D eigenvalue weighted by atomic mass is 16.3. The Labute approximate surface area is 109 Å². The summed E-state index contributed by atoms with van der Waals surface area (Å²) < 4.78 is 0. The molecule has 0 aliphatic carbocycles. The lowest BCUT2D eigenvalue weighted by Gasteiger charge is -2.22. The zero-order valence-corrected chi connectivity index (χ0v) is 11.0. The summed E-state index contributed by atoms with van der Waals surface area (Å²) in [5, 5.41) is 12.8. The highest BCUT2D eigenvalue weighted by Crippen LogP contribution is 2.19. The summed E-state index contributed by atoms with van der Waals surface area (Å²) in [7, 11) is 1.83. The first-order valence-electron chi connectivity index (χ1n) is 6.12. The van der Waals surface area contributed by atoms with Gasteiger partial charge in [0.1, 0.15) is 0 Å². The first kappa shape index (κ1) is 14.5. The Morgan fingerprint density at radius 1 is 1.22 bits per heavy atom. The van der Waals surface area contributed by atoms with Crippen LogP contribution in [0.15, 0.2) is 49.6 Å². The van der Waals surface area contributed by atoms with Gasteiger partial charge in [0, 0.05) is 25.3 Å². The van der Waals surface area contributed by atoms with Crippen LogP contribution in [0.25, 0.3) is 0 Å². The molecule has 0 bridgehead atoms. The molecule has 0 fully saturated rings. The number of hydrogen-bond acceptors (Lipinski definition) is 3.